The summed E-state index contributed by atoms with van der Waals surface area (Å²) in [5.41, 5.74) is 9.10. The highest BCUT2D eigenvalue weighted by molar-refractivity contribution is 6.11. The Hall–Kier alpha value is -0.780. The highest BCUT2D eigenvalue weighted by Gasteiger charge is 2.39. The molecule has 5 heteroatoms. The Balaban J connectivity index is 4.30. The molecule has 0 amide bonds. The molecule has 0 fully saturated rings. The molecule has 0 saturated carbocycles. The van der Waals surface area contributed by atoms with Crippen molar-refractivity contribution in [1.29, 1.82) is 0 Å². The number of carbonyl (C=O) groups excluding carboxylic acids is 2. The fourth-order valence-electron chi connectivity index (χ4n) is 1.51. The molecule has 0 aliphatic rings. The fraction of sp³-hybridized carbons (Fsp3) is 0.833. The SMILES string of the molecule is CCCCCCOC(C)(C(=O)CN)C(=O)CN. The molecule has 5 nitrogen and oxygen atoms in total. The Morgan fingerprint density at radius 1 is 1.06 bits per heavy atom. The third-order valence-electron chi connectivity index (χ3n) is 2.82. The minimum absolute atomic E-state index is 0.211. The molecule has 0 bridgehead atoms. The lowest BCUT2D eigenvalue weighted by atomic mass is 9.95. The van der Waals surface area contributed by atoms with Crippen LogP contribution in [-0.4, -0.2) is 36.9 Å². The molecule has 0 radical (unpaired) electrons. The normalized spacial score (nSPS) is 11.5. The first-order valence-electron chi connectivity index (χ1n) is 6.13. The average Bonchev–Trinajstić information content (AvgIpc) is 2.36. The van der Waals surface area contributed by atoms with Crippen LogP contribution in [0, 0.1) is 0 Å². The molecule has 0 spiro atoms. The Bertz CT molecular complexity index is 238. The van der Waals surface area contributed by atoms with Crippen molar-refractivity contribution in [2.75, 3.05) is 19.7 Å². The van der Waals surface area contributed by atoms with Crippen LogP contribution in [0.3, 0.4) is 0 Å². The second-order valence-electron chi connectivity index (χ2n) is 4.20. The van der Waals surface area contributed by atoms with E-state index in [4.69, 9.17) is 16.2 Å². The Labute approximate surface area is 103 Å². The van der Waals surface area contributed by atoms with Gasteiger partial charge in [-0.2, -0.15) is 0 Å². The van der Waals surface area contributed by atoms with Gasteiger partial charge >= 0.3 is 0 Å². The van der Waals surface area contributed by atoms with Gasteiger partial charge in [-0.15, -0.1) is 0 Å². The molecule has 4 N–H and O–H groups in total. The van der Waals surface area contributed by atoms with E-state index in [-0.39, 0.29) is 13.1 Å². The topological polar surface area (TPSA) is 95.4 Å². The van der Waals surface area contributed by atoms with Crippen molar-refractivity contribution in [2.45, 2.75) is 45.1 Å². The molecule has 0 unspecified atom stereocenters. The average molecular weight is 244 g/mol. The minimum atomic E-state index is -1.46. The lowest BCUT2D eigenvalue weighted by Crippen LogP contribution is -2.51. The lowest BCUT2D eigenvalue weighted by Gasteiger charge is -2.26. The third kappa shape index (κ3) is 4.93. The van der Waals surface area contributed by atoms with E-state index >= 15 is 0 Å². The first kappa shape index (κ1) is 16.2. The zero-order valence-corrected chi connectivity index (χ0v) is 10.8. The third-order valence-corrected chi connectivity index (χ3v) is 2.82. The summed E-state index contributed by atoms with van der Waals surface area (Å²) in [4.78, 5) is 23.3. The highest BCUT2D eigenvalue weighted by atomic mass is 16.5. The summed E-state index contributed by atoms with van der Waals surface area (Å²) in [5, 5.41) is 0. The Morgan fingerprint density at radius 2 is 1.59 bits per heavy atom. The van der Waals surface area contributed by atoms with E-state index < -0.39 is 17.2 Å². The van der Waals surface area contributed by atoms with E-state index in [1.54, 1.807) is 0 Å². The van der Waals surface area contributed by atoms with E-state index in [2.05, 4.69) is 6.92 Å². The summed E-state index contributed by atoms with van der Waals surface area (Å²) in [7, 11) is 0. The molecule has 17 heavy (non-hydrogen) atoms. The molecule has 0 rings (SSSR count). The van der Waals surface area contributed by atoms with Crippen molar-refractivity contribution in [3.8, 4) is 0 Å². The standard InChI is InChI=1S/C12H24N2O3/c1-3-4-5-6-7-17-12(2,10(15)8-13)11(16)9-14/h3-9,13-14H2,1-2H3. The summed E-state index contributed by atoms with van der Waals surface area (Å²) in [6.07, 6.45) is 4.11. The van der Waals surface area contributed by atoms with E-state index in [1.165, 1.54) is 6.92 Å². The van der Waals surface area contributed by atoms with Gasteiger partial charge in [0.25, 0.3) is 0 Å². The maximum Gasteiger partial charge on any atom is 0.185 e. The first-order chi connectivity index (χ1) is 8.02. The maximum absolute atomic E-state index is 11.6. The van der Waals surface area contributed by atoms with Crippen LogP contribution in [-0.2, 0) is 14.3 Å². The van der Waals surface area contributed by atoms with Crippen LogP contribution in [0.4, 0.5) is 0 Å². The van der Waals surface area contributed by atoms with Crippen molar-refractivity contribution < 1.29 is 14.3 Å². The zero-order valence-electron chi connectivity index (χ0n) is 10.8. The largest absolute Gasteiger partial charge is 0.360 e. The number of hydrogen-bond donors (Lipinski definition) is 2. The van der Waals surface area contributed by atoms with E-state index in [9.17, 15) is 9.59 Å². The van der Waals surface area contributed by atoms with Gasteiger partial charge < -0.3 is 16.2 Å². The summed E-state index contributed by atoms with van der Waals surface area (Å²) >= 11 is 0. The second kappa shape index (κ2) is 8.33. The van der Waals surface area contributed by atoms with Gasteiger partial charge in [0, 0.05) is 6.61 Å². The van der Waals surface area contributed by atoms with Crippen molar-refractivity contribution >= 4 is 11.6 Å². The molecule has 0 aliphatic carbocycles. The van der Waals surface area contributed by atoms with Gasteiger partial charge in [0.05, 0.1) is 13.1 Å². The van der Waals surface area contributed by atoms with Gasteiger partial charge in [-0.05, 0) is 13.3 Å². The van der Waals surface area contributed by atoms with E-state index in [1.807, 2.05) is 0 Å². The van der Waals surface area contributed by atoms with Gasteiger partial charge in [0.2, 0.25) is 0 Å². The van der Waals surface area contributed by atoms with E-state index in [0.29, 0.717) is 6.61 Å². The van der Waals surface area contributed by atoms with Crippen LogP contribution in [0.1, 0.15) is 39.5 Å². The highest BCUT2D eigenvalue weighted by Crippen LogP contribution is 2.14. The van der Waals surface area contributed by atoms with Gasteiger partial charge in [0.1, 0.15) is 0 Å². The molecule has 100 valence electrons. The molecule has 0 heterocycles. The van der Waals surface area contributed by atoms with Gasteiger partial charge in [-0.25, -0.2) is 0 Å². The quantitative estimate of drug-likeness (QED) is 0.428. The summed E-state index contributed by atoms with van der Waals surface area (Å²) in [6, 6.07) is 0. The number of ketones is 2. The van der Waals surface area contributed by atoms with Crippen molar-refractivity contribution in [1.82, 2.24) is 0 Å². The number of ether oxygens (including phenoxy) is 1. The number of hydrogen-bond acceptors (Lipinski definition) is 5. The van der Waals surface area contributed by atoms with Crippen LogP contribution in [0.5, 0.6) is 0 Å². The number of rotatable bonds is 10. The van der Waals surface area contributed by atoms with Crippen LogP contribution in [0.2, 0.25) is 0 Å². The number of Topliss-reactive ketones (excluding diaryl/α,β-unsaturated/α-hetero) is 2. The lowest BCUT2D eigenvalue weighted by molar-refractivity contribution is -0.154. The van der Waals surface area contributed by atoms with Crippen LogP contribution in [0.25, 0.3) is 0 Å². The van der Waals surface area contributed by atoms with Gasteiger partial charge in [-0.1, -0.05) is 26.2 Å². The predicted molar refractivity (Wildman–Crippen MR) is 66.6 cm³/mol. The molecule has 0 aliphatic heterocycles. The molecular formula is C12H24N2O3. The summed E-state index contributed by atoms with van der Waals surface area (Å²) in [6.45, 7) is 3.53. The van der Waals surface area contributed by atoms with Crippen molar-refractivity contribution in [3.05, 3.63) is 0 Å². The monoisotopic (exact) mass is 244 g/mol. The second-order valence-corrected chi connectivity index (χ2v) is 4.20. The minimum Gasteiger partial charge on any atom is -0.360 e. The van der Waals surface area contributed by atoms with E-state index in [0.717, 1.165) is 25.7 Å². The predicted octanol–water partition coefficient (Wildman–Crippen LogP) is 0.398. The van der Waals surface area contributed by atoms with Crippen molar-refractivity contribution in [2.24, 2.45) is 11.5 Å². The van der Waals surface area contributed by atoms with Crippen LogP contribution in [0.15, 0.2) is 0 Å². The molecule has 0 aromatic rings. The fourth-order valence-corrected chi connectivity index (χ4v) is 1.51. The van der Waals surface area contributed by atoms with Gasteiger partial charge in [-0.3, -0.25) is 9.59 Å². The summed E-state index contributed by atoms with van der Waals surface area (Å²) < 4.78 is 5.42. The van der Waals surface area contributed by atoms with Crippen LogP contribution < -0.4 is 11.5 Å². The zero-order chi connectivity index (χ0) is 13.3. The molecular weight excluding hydrogens is 220 g/mol. The Morgan fingerprint density at radius 3 is 2.00 bits per heavy atom. The smallest absolute Gasteiger partial charge is 0.185 e. The Kier molecular flexibility index (Phi) is 7.95. The maximum atomic E-state index is 11.6. The van der Waals surface area contributed by atoms with Crippen molar-refractivity contribution in [3.63, 3.8) is 0 Å². The van der Waals surface area contributed by atoms with Crippen LogP contribution >= 0.6 is 0 Å². The number of unbranched alkanes of at least 4 members (excludes halogenated alkanes) is 3. The molecule has 0 aromatic heterocycles. The van der Waals surface area contributed by atoms with Gasteiger partial charge in [0.15, 0.2) is 17.2 Å². The molecule has 0 aromatic carbocycles. The first-order valence-corrected chi connectivity index (χ1v) is 6.13. The molecule has 0 saturated heterocycles. The summed E-state index contributed by atoms with van der Waals surface area (Å²) in [5.74, 6) is -0.827. The molecule has 0 atom stereocenters. The number of nitrogens with two attached hydrogens (primary N) is 2. The number of carbonyl (C=O) groups is 2.